The maximum absolute atomic E-state index is 11.7. The van der Waals surface area contributed by atoms with Crippen molar-refractivity contribution < 1.29 is 9.53 Å². The Morgan fingerprint density at radius 3 is 2.95 bits per heavy atom. The summed E-state index contributed by atoms with van der Waals surface area (Å²) in [4.78, 5) is 12.8. The molecule has 3 rings (SSSR count). The second-order valence-electron chi connectivity index (χ2n) is 4.69. The average Bonchev–Trinajstić information content (AvgIpc) is 3.11. The van der Waals surface area contributed by atoms with Gasteiger partial charge in [0.05, 0.1) is 13.1 Å². The van der Waals surface area contributed by atoms with Gasteiger partial charge in [0.2, 0.25) is 0 Å². The smallest absolute Gasteiger partial charge is 0.315 e. The number of hydrogen-bond acceptors (Lipinski definition) is 3. The fourth-order valence-electron chi connectivity index (χ4n) is 2.22. The number of rotatable bonds is 4. The molecule has 104 valence electrons. The Kier molecular flexibility index (Phi) is 3.87. The van der Waals surface area contributed by atoms with Crippen LogP contribution in [0, 0.1) is 0 Å². The zero-order valence-electron chi connectivity index (χ0n) is 11.0. The monoisotopic (exact) mass is 288 g/mol. The molecule has 0 fully saturated rings. The highest BCUT2D eigenvalue weighted by Gasteiger charge is 2.22. The zero-order chi connectivity index (χ0) is 13.8. The van der Waals surface area contributed by atoms with Crippen LogP contribution in [-0.4, -0.2) is 18.7 Å². The van der Waals surface area contributed by atoms with Crippen LogP contribution < -0.4 is 15.4 Å². The van der Waals surface area contributed by atoms with E-state index >= 15 is 0 Å². The molecule has 4 nitrogen and oxygen atoms in total. The van der Waals surface area contributed by atoms with Gasteiger partial charge in [-0.05, 0) is 23.1 Å². The third-order valence-electron chi connectivity index (χ3n) is 3.21. The molecule has 1 aliphatic heterocycles. The highest BCUT2D eigenvalue weighted by Crippen LogP contribution is 2.27. The van der Waals surface area contributed by atoms with Crippen LogP contribution >= 0.6 is 11.3 Å². The first-order valence-corrected chi connectivity index (χ1v) is 7.48. The van der Waals surface area contributed by atoms with E-state index in [0.29, 0.717) is 13.1 Å². The summed E-state index contributed by atoms with van der Waals surface area (Å²) in [6.07, 6.45) is 0.876. The van der Waals surface area contributed by atoms with Crippen molar-refractivity contribution >= 4 is 17.4 Å². The highest BCUT2D eigenvalue weighted by atomic mass is 32.1. The van der Waals surface area contributed by atoms with E-state index in [2.05, 4.69) is 16.7 Å². The van der Waals surface area contributed by atoms with Gasteiger partial charge in [0.15, 0.2) is 0 Å². The minimum Gasteiger partial charge on any atom is -0.488 e. The second kappa shape index (κ2) is 5.96. The number of thiophene rings is 1. The molecule has 0 saturated heterocycles. The first kappa shape index (κ1) is 13.0. The topological polar surface area (TPSA) is 50.4 Å². The Morgan fingerprint density at radius 2 is 2.15 bits per heavy atom. The fraction of sp³-hybridized carbons (Fsp3) is 0.267. The van der Waals surface area contributed by atoms with Crippen molar-refractivity contribution in [3.05, 3.63) is 52.2 Å². The third-order valence-corrected chi connectivity index (χ3v) is 4.08. The van der Waals surface area contributed by atoms with Crippen molar-refractivity contribution in [1.29, 1.82) is 0 Å². The zero-order valence-corrected chi connectivity index (χ0v) is 11.8. The van der Waals surface area contributed by atoms with E-state index in [-0.39, 0.29) is 12.1 Å². The summed E-state index contributed by atoms with van der Waals surface area (Å²) in [5.74, 6) is 0.929. The van der Waals surface area contributed by atoms with Crippen molar-refractivity contribution in [3.8, 4) is 5.75 Å². The normalized spacial score (nSPS) is 16.3. The summed E-state index contributed by atoms with van der Waals surface area (Å²) < 4.78 is 5.77. The molecule has 0 unspecified atom stereocenters. The molecule has 2 N–H and O–H groups in total. The number of carbonyl (C=O) groups excluding carboxylic acids is 1. The summed E-state index contributed by atoms with van der Waals surface area (Å²) >= 11 is 1.63. The molecule has 1 aromatic carbocycles. The van der Waals surface area contributed by atoms with Crippen molar-refractivity contribution in [2.45, 2.75) is 19.1 Å². The number of para-hydroxylation sites is 1. The summed E-state index contributed by atoms with van der Waals surface area (Å²) in [5.41, 5.74) is 1.21. The van der Waals surface area contributed by atoms with Gasteiger partial charge in [-0.25, -0.2) is 4.79 Å². The number of urea groups is 1. The van der Waals surface area contributed by atoms with Gasteiger partial charge in [-0.2, -0.15) is 0 Å². The molecular weight excluding hydrogens is 272 g/mol. The van der Waals surface area contributed by atoms with E-state index in [4.69, 9.17) is 4.74 Å². The number of amides is 2. The Bertz CT molecular complexity index is 558. The van der Waals surface area contributed by atoms with Gasteiger partial charge in [-0.1, -0.05) is 24.3 Å². The van der Waals surface area contributed by atoms with Gasteiger partial charge < -0.3 is 15.4 Å². The molecule has 0 saturated carbocycles. The van der Waals surface area contributed by atoms with Crippen LogP contribution in [-0.2, 0) is 13.0 Å². The quantitative estimate of drug-likeness (QED) is 0.908. The minimum absolute atomic E-state index is 0.0277. The summed E-state index contributed by atoms with van der Waals surface area (Å²) in [6, 6.07) is 11.8. The first-order valence-electron chi connectivity index (χ1n) is 6.60. The predicted molar refractivity (Wildman–Crippen MR) is 79.1 cm³/mol. The molecule has 0 bridgehead atoms. The molecule has 5 heteroatoms. The summed E-state index contributed by atoms with van der Waals surface area (Å²) in [7, 11) is 0. The molecule has 20 heavy (non-hydrogen) atoms. The van der Waals surface area contributed by atoms with Crippen LogP contribution in [0.15, 0.2) is 41.8 Å². The molecule has 2 amide bonds. The van der Waals surface area contributed by atoms with Crippen LogP contribution in [0.4, 0.5) is 4.79 Å². The Balaban J connectivity index is 1.41. The molecule has 1 aliphatic rings. The molecule has 2 heterocycles. The van der Waals surface area contributed by atoms with Crippen molar-refractivity contribution in [3.63, 3.8) is 0 Å². The largest absolute Gasteiger partial charge is 0.488 e. The lowest BCUT2D eigenvalue weighted by atomic mass is 10.1. The van der Waals surface area contributed by atoms with Gasteiger partial charge >= 0.3 is 6.03 Å². The van der Waals surface area contributed by atoms with Crippen LogP contribution in [0.5, 0.6) is 5.75 Å². The maximum atomic E-state index is 11.7. The second-order valence-corrected chi connectivity index (χ2v) is 5.73. The predicted octanol–water partition coefficient (Wildman–Crippen LogP) is 2.55. The number of ether oxygens (including phenoxy) is 1. The van der Waals surface area contributed by atoms with E-state index < -0.39 is 0 Å². The van der Waals surface area contributed by atoms with E-state index in [1.54, 1.807) is 11.3 Å². The highest BCUT2D eigenvalue weighted by molar-refractivity contribution is 7.09. The van der Waals surface area contributed by atoms with Gasteiger partial charge in [0.25, 0.3) is 0 Å². The Morgan fingerprint density at radius 1 is 1.25 bits per heavy atom. The van der Waals surface area contributed by atoms with E-state index in [1.165, 1.54) is 5.56 Å². The molecule has 0 aliphatic carbocycles. The fourth-order valence-corrected chi connectivity index (χ4v) is 2.86. The molecule has 0 radical (unpaired) electrons. The SMILES string of the molecule is O=C(NCc1cccs1)NC[C@H]1Cc2ccccc2O1. The van der Waals surface area contributed by atoms with Gasteiger partial charge in [-0.15, -0.1) is 11.3 Å². The van der Waals surface area contributed by atoms with Gasteiger partial charge in [0.1, 0.15) is 11.9 Å². The first-order chi connectivity index (χ1) is 9.81. The number of carbonyl (C=O) groups is 1. The number of nitrogens with one attached hydrogen (secondary N) is 2. The lowest BCUT2D eigenvalue weighted by Gasteiger charge is -2.12. The number of benzene rings is 1. The molecule has 1 aromatic heterocycles. The van der Waals surface area contributed by atoms with Crippen molar-refractivity contribution in [2.24, 2.45) is 0 Å². The molecular formula is C15H16N2O2S. The average molecular weight is 288 g/mol. The van der Waals surface area contributed by atoms with E-state index in [1.807, 2.05) is 35.7 Å². The minimum atomic E-state index is -0.155. The molecule has 0 spiro atoms. The van der Waals surface area contributed by atoms with Crippen LogP contribution in [0.3, 0.4) is 0 Å². The number of fused-ring (bicyclic) bond motifs is 1. The molecule has 2 aromatic rings. The lowest BCUT2D eigenvalue weighted by Crippen LogP contribution is -2.40. The van der Waals surface area contributed by atoms with Gasteiger partial charge in [-0.3, -0.25) is 0 Å². The summed E-state index contributed by atoms with van der Waals surface area (Å²) in [6.45, 7) is 1.08. The van der Waals surface area contributed by atoms with Crippen LogP contribution in [0.25, 0.3) is 0 Å². The van der Waals surface area contributed by atoms with Gasteiger partial charge in [0, 0.05) is 11.3 Å². The lowest BCUT2D eigenvalue weighted by molar-refractivity contribution is 0.214. The Hall–Kier alpha value is -2.01. The third kappa shape index (κ3) is 3.11. The van der Waals surface area contributed by atoms with E-state index in [0.717, 1.165) is 17.0 Å². The van der Waals surface area contributed by atoms with Crippen molar-refractivity contribution in [2.75, 3.05) is 6.54 Å². The summed E-state index contributed by atoms with van der Waals surface area (Å²) in [5, 5.41) is 7.68. The van der Waals surface area contributed by atoms with Crippen LogP contribution in [0.2, 0.25) is 0 Å². The standard InChI is InChI=1S/C15H16N2O2S/c18-15(17-10-13-5-3-7-20-13)16-9-12-8-11-4-1-2-6-14(11)19-12/h1-7,12H,8-10H2,(H2,16,17,18)/t12-/m1/s1. The number of hydrogen-bond donors (Lipinski definition) is 2. The maximum Gasteiger partial charge on any atom is 0.315 e. The van der Waals surface area contributed by atoms with Crippen molar-refractivity contribution in [1.82, 2.24) is 10.6 Å². The van der Waals surface area contributed by atoms with E-state index in [9.17, 15) is 4.79 Å². The Labute approximate surface area is 121 Å². The van der Waals surface area contributed by atoms with Crippen LogP contribution in [0.1, 0.15) is 10.4 Å². The molecule has 1 atom stereocenters.